The van der Waals surface area contributed by atoms with E-state index in [4.69, 9.17) is 10.5 Å². The number of aromatic amines is 1. The van der Waals surface area contributed by atoms with Gasteiger partial charge >= 0.3 is 0 Å². The van der Waals surface area contributed by atoms with Gasteiger partial charge in [0.2, 0.25) is 0 Å². The number of aromatic nitrogens is 2. The Morgan fingerprint density at radius 2 is 2.06 bits per heavy atom. The number of methoxy groups -OCH3 is 1. The summed E-state index contributed by atoms with van der Waals surface area (Å²) < 4.78 is 5.34. The number of nitrogen functional groups attached to an aromatic ring is 1. The van der Waals surface area contributed by atoms with Crippen LogP contribution in [0, 0.1) is 6.92 Å². The molecule has 4 nitrogen and oxygen atoms in total. The number of rotatable bonds is 1. The number of nitrogens with two attached hydrogens (primary N) is 1. The summed E-state index contributed by atoms with van der Waals surface area (Å²) in [6, 6.07) is 7.85. The summed E-state index contributed by atoms with van der Waals surface area (Å²) >= 11 is 0. The van der Waals surface area contributed by atoms with Crippen molar-refractivity contribution in [2.45, 2.75) is 6.92 Å². The van der Waals surface area contributed by atoms with Crippen LogP contribution in [-0.2, 0) is 0 Å². The predicted octanol–water partition coefficient (Wildman–Crippen LogP) is 2.62. The molecule has 0 aliphatic heterocycles. The first-order chi connectivity index (χ1) is 8.20. The number of hydrogen-bond donors (Lipinski definition) is 2. The normalized spacial score (nSPS) is 11.2. The first-order valence-electron chi connectivity index (χ1n) is 5.42. The van der Waals surface area contributed by atoms with Gasteiger partial charge in [0.1, 0.15) is 11.6 Å². The highest BCUT2D eigenvalue weighted by Crippen LogP contribution is 2.32. The van der Waals surface area contributed by atoms with E-state index in [0.717, 1.165) is 33.2 Å². The van der Waals surface area contributed by atoms with Crippen LogP contribution in [0.4, 0.5) is 5.82 Å². The second-order valence-electron chi connectivity index (χ2n) is 4.06. The van der Waals surface area contributed by atoms with Crippen molar-refractivity contribution in [3.05, 3.63) is 30.0 Å². The van der Waals surface area contributed by atoms with Gasteiger partial charge in [0.15, 0.2) is 0 Å². The van der Waals surface area contributed by atoms with Crippen LogP contribution in [0.25, 0.3) is 21.8 Å². The van der Waals surface area contributed by atoms with Crippen LogP contribution in [0.2, 0.25) is 0 Å². The van der Waals surface area contributed by atoms with Crippen molar-refractivity contribution >= 4 is 27.6 Å². The Balaban J connectivity index is 2.54. The fourth-order valence-electron chi connectivity index (χ4n) is 2.25. The quantitative estimate of drug-likeness (QED) is 0.671. The summed E-state index contributed by atoms with van der Waals surface area (Å²) in [5, 5.41) is 2.19. The van der Waals surface area contributed by atoms with E-state index in [9.17, 15) is 0 Å². The number of hydrogen-bond acceptors (Lipinski definition) is 3. The molecule has 0 saturated carbocycles. The van der Waals surface area contributed by atoms with Gasteiger partial charge in [-0.3, -0.25) is 0 Å². The summed E-state index contributed by atoms with van der Waals surface area (Å²) in [6.07, 6.45) is 0. The van der Waals surface area contributed by atoms with E-state index in [0.29, 0.717) is 5.82 Å². The van der Waals surface area contributed by atoms with Crippen molar-refractivity contribution in [3.63, 3.8) is 0 Å². The molecule has 0 unspecified atom stereocenters. The molecule has 3 aromatic rings. The number of aryl methyl sites for hydroxylation is 1. The molecule has 0 spiro atoms. The minimum atomic E-state index is 0.540. The van der Waals surface area contributed by atoms with Crippen LogP contribution in [0.3, 0.4) is 0 Å². The van der Waals surface area contributed by atoms with Gasteiger partial charge in [-0.25, -0.2) is 4.98 Å². The van der Waals surface area contributed by atoms with Gasteiger partial charge < -0.3 is 15.5 Å². The molecule has 3 rings (SSSR count). The molecule has 0 saturated heterocycles. The molecule has 0 amide bonds. The first-order valence-corrected chi connectivity index (χ1v) is 5.42. The number of H-pyrrole nitrogens is 1. The SMILES string of the molecule is COc1cccc2c1[nH]c1c(C)nc(N)cc12. The molecule has 4 heteroatoms. The number of para-hydroxylation sites is 1. The van der Waals surface area contributed by atoms with E-state index in [1.54, 1.807) is 7.11 Å². The number of anilines is 1. The minimum absolute atomic E-state index is 0.540. The van der Waals surface area contributed by atoms with Gasteiger partial charge in [0, 0.05) is 10.8 Å². The van der Waals surface area contributed by atoms with Crippen LogP contribution in [0.5, 0.6) is 5.75 Å². The van der Waals surface area contributed by atoms with Gasteiger partial charge in [-0.15, -0.1) is 0 Å². The van der Waals surface area contributed by atoms with E-state index in [-0.39, 0.29) is 0 Å². The van der Waals surface area contributed by atoms with Gasteiger partial charge in [-0.05, 0) is 19.1 Å². The molecule has 1 aromatic carbocycles. The minimum Gasteiger partial charge on any atom is -0.495 e. The number of nitrogens with zero attached hydrogens (tertiary/aromatic N) is 1. The monoisotopic (exact) mass is 227 g/mol. The number of benzene rings is 1. The molecular formula is C13H13N3O. The number of nitrogens with one attached hydrogen (secondary N) is 1. The molecule has 0 atom stereocenters. The largest absolute Gasteiger partial charge is 0.495 e. The lowest BCUT2D eigenvalue weighted by atomic mass is 10.1. The highest BCUT2D eigenvalue weighted by Gasteiger charge is 2.11. The van der Waals surface area contributed by atoms with E-state index in [1.165, 1.54) is 0 Å². The van der Waals surface area contributed by atoms with Crippen molar-refractivity contribution < 1.29 is 4.74 Å². The van der Waals surface area contributed by atoms with Crippen molar-refractivity contribution in [1.29, 1.82) is 0 Å². The third-order valence-electron chi connectivity index (χ3n) is 3.01. The van der Waals surface area contributed by atoms with Crippen molar-refractivity contribution in [1.82, 2.24) is 9.97 Å². The number of fused-ring (bicyclic) bond motifs is 3. The third-order valence-corrected chi connectivity index (χ3v) is 3.01. The smallest absolute Gasteiger partial charge is 0.142 e. The fourth-order valence-corrected chi connectivity index (χ4v) is 2.25. The van der Waals surface area contributed by atoms with E-state index >= 15 is 0 Å². The molecule has 0 aliphatic carbocycles. The summed E-state index contributed by atoms with van der Waals surface area (Å²) in [4.78, 5) is 7.61. The third kappa shape index (κ3) is 1.34. The van der Waals surface area contributed by atoms with Crippen LogP contribution >= 0.6 is 0 Å². The second-order valence-corrected chi connectivity index (χ2v) is 4.06. The molecule has 17 heavy (non-hydrogen) atoms. The fraction of sp³-hybridized carbons (Fsp3) is 0.154. The van der Waals surface area contributed by atoms with Gasteiger partial charge in [-0.1, -0.05) is 12.1 Å². The Bertz CT molecular complexity index is 715. The Labute approximate surface area is 98.4 Å². The molecule has 86 valence electrons. The Kier molecular flexibility index (Phi) is 1.98. The molecule has 2 aromatic heterocycles. The average Bonchev–Trinajstić information content (AvgIpc) is 2.68. The first kappa shape index (κ1) is 9.96. The number of ether oxygens (including phenoxy) is 1. The molecule has 3 N–H and O–H groups in total. The van der Waals surface area contributed by atoms with Gasteiger partial charge in [0.25, 0.3) is 0 Å². The zero-order chi connectivity index (χ0) is 12.0. The van der Waals surface area contributed by atoms with Crippen molar-refractivity contribution in [2.75, 3.05) is 12.8 Å². The topological polar surface area (TPSA) is 63.9 Å². The lowest BCUT2D eigenvalue weighted by Gasteiger charge is -1.99. The van der Waals surface area contributed by atoms with E-state index in [2.05, 4.69) is 16.0 Å². The average molecular weight is 227 g/mol. The highest BCUT2D eigenvalue weighted by molar-refractivity contribution is 6.10. The molecule has 2 heterocycles. The maximum Gasteiger partial charge on any atom is 0.142 e. The maximum atomic E-state index is 5.79. The molecule has 0 radical (unpaired) electrons. The van der Waals surface area contributed by atoms with E-state index in [1.807, 2.05) is 25.1 Å². The van der Waals surface area contributed by atoms with Crippen LogP contribution in [0.15, 0.2) is 24.3 Å². The van der Waals surface area contributed by atoms with E-state index < -0.39 is 0 Å². The summed E-state index contributed by atoms with van der Waals surface area (Å²) in [5.74, 6) is 1.37. The van der Waals surface area contributed by atoms with Crippen LogP contribution in [0.1, 0.15) is 5.69 Å². The highest BCUT2D eigenvalue weighted by atomic mass is 16.5. The maximum absolute atomic E-state index is 5.79. The van der Waals surface area contributed by atoms with Gasteiger partial charge in [-0.2, -0.15) is 0 Å². The summed E-state index contributed by atoms with van der Waals surface area (Å²) in [7, 11) is 1.67. The van der Waals surface area contributed by atoms with Crippen molar-refractivity contribution in [3.8, 4) is 5.75 Å². The van der Waals surface area contributed by atoms with Gasteiger partial charge in [0.05, 0.1) is 23.8 Å². The zero-order valence-electron chi connectivity index (χ0n) is 9.74. The second kappa shape index (κ2) is 3.38. The van der Waals surface area contributed by atoms with Crippen molar-refractivity contribution in [2.24, 2.45) is 0 Å². The van der Waals surface area contributed by atoms with Crippen LogP contribution < -0.4 is 10.5 Å². The zero-order valence-corrected chi connectivity index (χ0v) is 9.74. The summed E-state index contributed by atoms with van der Waals surface area (Å²) in [5.41, 5.74) is 8.69. The predicted molar refractivity (Wildman–Crippen MR) is 69.3 cm³/mol. The Hall–Kier alpha value is -2.23. The Morgan fingerprint density at radius 1 is 1.24 bits per heavy atom. The molecule has 0 bridgehead atoms. The number of pyridine rings is 1. The molecule has 0 aliphatic rings. The lowest BCUT2D eigenvalue weighted by molar-refractivity contribution is 0.419. The van der Waals surface area contributed by atoms with Crippen LogP contribution in [-0.4, -0.2) is 17.1 Å². The standard InChI is InChI=1S/C13H13N3O/c1-7-12-9(6-11(14)15-7)8-4-3-5-10(17-2)13(8)16-12/h3-6,16H,1-2H3,(H2,14,15). The summed E-state index contributed by atoms with van der Waals surface area (Å²) in [6.45, 7) is 1.94. The Morgan fingerprint density at radius 3 is 2.82 bits per heavy atom. The lowest BCUT2D eigenvalue weighted by Crippen LogP contribution is -1.92. The molecule has 0 fully saturated rings. The molecular weight excluding hydrogens is 214 g/mol.